The zero-order chi connectivity index (χ0) is 11.5. The van der Waals surface area contributed by atoms with E-state index in [1.54, 1.807) is 6.20 Å². The number of nitrogens with zero attached hydrogens (tertiary/aromatic N) is 2. The topological polar surface area (TPSA) is 16.1 Å². The Morgan fingerprint density at radius 1 is 1.44 bits per heavy atom. The van der Waals surface area contributed by atoms with Crippen LogP contribution in [0, 0.1) is 11.8 Å². The Balaban J connectivity index is 1.95. The molecule has 1 aliphatic heterocycles. The maximum absolute atomic E-state index is 5.96. The number of piperidine rings is 1. The molecule has 0 saturated carbocycles. The molecule has 2 rings (SSSR count). The van der Waals surface area contributed by atoms with Crippen LogP contribution in [0.2, 0.25) is 5.02 Å². The summed E-state index contributed by atoms with van der Waals surface area (Å²) in [5, 5.41) is 0.781. The van der Waals surface area contributed by atoms with Crippen LogP contribution in [0.4, 0.5) is 0 Å². The van der Waals surface area contributed by atoms with Gasteiger partial charge in [0.1, 0.15) is 0 Å². The van der Waals surface area contributed by atoms with Crippen LogP contribution in [0.3, 0.4) is 0 Å². The summed E-state index contributed by atoms with van der Waals surface area (Å²) in [5.41, 5.74) is 1.08. The highest BCUT2D eigenvalue weighted by molar-refractivity contribution is 6.30. The number of likely N-dealkylation sites (tertiary alicyclic amines) is 1. The molecule has 0 aliphatic carbocycles. The van der Waals surface area contributed by atoms with Gasteiger partial charge >= 0.3 is 0 Å². The molecule has 2 heterocycles. The van der Waals surface area contributed by atoms with Gasteiger partial charge in [-0.05, 0) is 36.9 Å². The summed E-state index contributed by atoms with van der Waals surface area (Å²) >= 11 is 5.96. The molecule has 0 N–H and O–H groups in total. The normalized spacial score (nSPS) is 26.9. The molecule has 2 unspecified atom stereocenters. The fraction of sp³-hybridized carbons (Fsp3) is 0.615. The van der Waals surface area contributed by atoms with Crippen molar-refractivity contribution in [3.8, 4) is 0 Å². The van der Waals surface area contributed by atoms with Crippen LogP contribution in [0.15, 0.2) is 18.3 Å². The third-order valence-corrected chi connectivity index (χ3v) is 3.82. The predicted octanol–water partition coefficient (Wildman–Crippen LogP) is 3.21. The van der Waals surface area contributed by atoms with E-state index in [4.69, 9.17) is 11.6 Å². The minimum absolute atomic E-state index is 0.781. The van der Waals surface area contributed by atoms with E-state index in [0.717, 1.165) is 29.1 Å². The Kier molecular flexibility index (Phi) is 3.82. The lowest BCUT2D eigenvalue weighted by molar-refractivity contribution is 0.131. The summed E-state index contributed by atoms with van der Waals surface area (Å²) in [7, 11) is 0. The number of hydrogen-bond acceptors (Lipinski definition) is 2. The highest BCUT2D eigenvalue weighted by atomic mass is 35.5. The van der Waals surface area contributed by atoms with E-state index in [1.165, 1.54) is 19.5 Å². The van der Waals surface area contributed by atoms with Crippen molar-refractivity contribution in [1.29, 1.82) is 0 Å². The average molecular weight is 239 g/mol. The van der Waals surface area contributed by atoms with Gasteiger partial charge in [-0.15, -0.1) is 0 Å². The van der Waals surface area contributed by atoms with Gasteiger partial charge in [0, 0.05) is 24.3 Å². The van der Waals surface area contributed by atoms with Crippen molar-refractivity contribution in [3.63, 3.8) is 0 Å². The van der Waals surface area contributed by atoms with E-state index >= 15 is 0 Å². The van der Waals surface area contributed by atoms with Crippen LogP contribution >= 0.6 is 11.6 Å². The minimum Gasteiger partial charge on any atom is -0.297 e. The highest BCUT2D eigenvalue weighted by Crippen LogP contribution is 2.23. The van der Waals surface area contributed by atoms with Crippen molar-refractivity contribution in [2.24, 2.45) is 11.8 Å². The van der Waals surface area contributed by atoms with Crippen LogP contribution in [0.1, 0.15) is 26.0 Å². The Labute approximate surface area is 103 Å². The van der Waals surface area contributed by atoms with E-state index in [1.807, 2.05) is 12.1 Å². The van der Waals surface area contributed by atoms with E-state index in [0.29, 0.717) is 0 Å². The van der Waals surface area contributed by atoms with Crippen molar-refractivity contribution < 1.29 is 0 Å². The van der Waals surface area contributed by atoms with E-state index < -0.39 is 0 Å². The quantitative estimate of drug-likeness (QED) is 0.787. The van der Waals surface area contributed by atoms with Crippen LogP contribution in [0.25, 0.3) is 0 Å². The van der Waals surface area contributed by atoms with E-state index in [9.17, 15) is 0 Å². The lowest BCUT2D eigenvalue weighted by Crippen LogP contribution is -2.38. The zero-order valence-corrected chi connectivity index (χ0v) is 10.7. The lowest BCUT2D eigenvalue weighted by atomic mass is 9.89. The van der Waals surface area contributed by atoms with Gasteiger partial charge in [-0.2, -0.15) is 0 Å². The van der Waals surface area contributed by atoms with Gasteiger partial charge in [-0.25, -0.2) is 0 Å². The molecule has 0 spiro atoms. The van der Waals surface area contributed by atoms with Gasteiger partial charge in [0.2, 0.25) is 0 Å². The largest absolute Gasteiger partial charge is 0.297 e. The smallest absolute Gasteiger partial charge is 0.0558 e. The van der Waals surface area contributed by atoms with Crippen molar-refractivity contribution in [1.82, 2.24) is 9.88 Å². The third-order valence-electron chi connectivity index (χ3n) is 3.58. The molecule has 0 radical (unpaired) electrons. The first-order chi connectivity index (χ1) is 7.65. The number of rotatable bonds is 2. The molecule has 0 amide bonds. The molecule has 1 aromatic heterocycles. The second kappa shape index (κ2) is 5.15. The SMILES string of the molecule is CC1CCN(Cc2cc(Cl)ccn2)CC1C. The Hall–Kier alpha value is -0.600. The first kappa shape index (κ1) is 11.9. The zero-order valence-electron chi connectivity index (χ0n) is 9.99. The molecule has 1 aliphatic rings. The molecule has 1 fully saturated rings. The highest BCUT2D eigenvalue weighted by Gasteiger charge is 2.22. The van der Waals surface area contributed by atoms with Crippen LogP contribution in [0.5, 0.6) is 0 Å². The summed E-state index contributed by atoms with van der Waals surface area (Å²) in [6.07, 6.45) is 3.08. The number of hydrogen-bond donors (Lipinski definition) is 0. The van der Waals surface area contributed by atoms with E-state index in [-0.39, 0.29) is 0 Å². The molecule has 0 aromatic carbocycles. The molecular formula is C13H19ClN2. The number of aromatic nitrogens is 1. The summed E-state index contributed by atoms with van der Waals surface area (Å²) in [5.74, 6) is 1.64. The molecule has 0 bridgehead atoms. The van der Waals surface area contributed by atoms with Gasteiger partial charge in [-0.3, -0.25) is 9.88 Å². The molecule has 2 atom stereocenters. The van der Waals surface area contributed by atoms with Gasteiger partial charge in [0.15, 0.2) is 0 Å². The second-order valence-corrected chi connectivity index (χ2v) is 5.38. The standard InChI is InChI=1S/C13H19ClN2/c1-10-4-6-16(8-11(10)2)9-13-7-12(14)3-5-15-13/h3,5,7,10-11H,4,6,8-9H2,1-2H3. The Morgan fingerprint density at radius 2 is 2.25 bits per heavy atom. The first-order valence-electron chi connectivity index (χ1n) is 5.98. The number of halogens is 1. The molecule has 1 saturated heterocycles. The van der Waals surface area contributed by atoms with Crippen LogP contribution in [-0.2, 0) is 6.54 Å². The summed E-state index contributed by atoms with van der Waals surface area (Å²) in [6.45, 7) is 7.97. The Morgan fingerprint density at radius 3 is 2.94 bits per heavy atom. The van der Waals surface area contributed by atoms with Crippen molar-refractivity contribution in [2.75, 3.05) is 13.1 Å². The molecular weight excluding hydrogens is 220 g/mol. The van der Waals surface area contributed by atoms with Gasteiger partial charge in [0.25, 0.3) is 0 Å². The van der Waals surface area contributed by atoms with Gasteiger partial charge in [-0.1, -0.05) is 25.4 Å². The molecule has 88 valence electrons. The minimum atomic E-state index is 0.781. The maximum atomic E-state index is 5.96. The monoisotopic (exact) mass is 238 g/mol. The van der Waals surface area contributed by atoms with Gasteiger partial charge in [0.05, 0.1) is 5.69 Å². The van der Waals surface area contributed by atoms with Gasteiger partial charge < -0.3 is 0 Å². The Bertz CT molecular complexity index is 354. The summed E-state index contributed by atoms with van der Waals surface area (Å²) in [6, 6.07) is 3.79. The van der Waals surface area contributed by atoms with Crippen molar-refractivity contribution in [3.05, 3.63) is 29.0 Å². The maximum Gasteiger partial charge on any atom is 0.0558 e. The first-order valence-corrected chi connectivity index (χ1v) is 6.35. The van der Waals surface area contributed by atoms with Crippen LogP contribution < -0.4 is 0 Å². The van der Waals surface area contributed by atoms with E-state index in [2.05, 4.69) is 23.7 Å². The van der Waals surface area contributed by atoms with Crippen molar-refractivity contribution >= 4 is 11.6 Å². The average Bonchev–Trinajstić information content (AvgIpc) is 2.24. The second-order valence-electron chi connectivity index (χ2n) is 4.94. The summed E-state index contributed by atoms with van der Waals surface area (Å²) < 4.78 is 0. The molecule has 16 heavy (non-hydrogen) atoms. The summed E-state index contributed by atoms with van der Waals surface area (Å²) in [4.78, 5) is 6.83. The van der Waals surface area contributed by atoms with Crippen molar-refractivity contribution in [2.45, 2.75) is 26.8 Å². The fourth-order valence-corrected chi connectivity index (χ4v) is 2.44. The lowest BCUT2D eigenvalue weighted by Gasteiger charge is -2.35. The molecule has 2 nitrogen and oxygen atoms in total. The molecule has 3 heteroatoms. The fourth-order valence-electron chi connectivity index (χ4n) is 2.26. The molecule has 1 aromatic rings. The third kappa shape index (κ3) is 2.96. The predicted molar refractivity (Wildman–Crippen MR) is 67.5 cm³/mol. The number of pyridine rings is 1. The van der Waals surface area contributed by atoms with Crippen LogP contribution in [-0.4, -0.2) is 23.0 Å².